The molecule has 0 bridgehead atoms. The Labute approximate surface area is 106 Å². The van der Waals surface area contributed by atoms with E-state index in [0.717, 1.165) is 25.9 Å². The van der Waals surface area contributed by atoms with Gasteiger partial charge < -0.3 is 10.0 Å². The molecule has 1 aliphatic heterocycles. The average Bonchev–Trinajstić information content (AvgIpc) is 2.33. The van der Waals surface area contributed by atoms with Gasteiger partial charge in [-0.15, -0.1) is 0 Å². The van der Waals surface area contributed by atoms with Gasteiger partial charge in [0.1, 0.15) is 5.75 Å². The Morgan fingerprint density at radius 2 is 2.06 bits per heavy atom. The lowest BCUT2D eigenvalue weighted by atomic mass is 9.98. The lowest BCUT2D eigenvalue weighted by Gasteiger charge is -2.30. The van der Waals surface area contributed by atoms with Gasteiger partial charge in [0, 0.05) is 18.7 Å². The molecule has 1 aliphatic rings. The fraction of sp³-hybridized carbons (Fsp3) is 0.462. The summed E-state index contributed by atoms with van der Waals surface area (Å²) >= 11 is 5.80. The number of hydrogen-bond acceptors (Lipinski definition) is 2. The largest absolute Gasteiger partial charge is 0.506 e. The van der Waals surface area contributed by atoms with Crippen LogP contribution < -0.4 is 0 Å². The molecule has 92 valence electrons. The first-order valence-corrected chi connectivity index (χ1v) is 6.23. The van der Waals surface area contributed by atoms with E-state index in [1.165, 1.54) is 12.1 Å². The lowest BCUT2D eigenvalue weighted by molar-refractivity contribution is 0.0697. The van der Waals surface area contributed by atoms with Crippen molar-refractivity contribution in [3.63, 3.8) is 0 Å². The van der Waals surface area contributed by atoms with Crippen molar-refractivity contribution in [2.45, 2.75) is 19.8 Å². The molecule has 0 atom stereocenters. The molecule has 1 aromatic rings. The van der Waals surface area contributed by atoms with E-state index in [2.05, 4.69) is 6.92 Å². The van der Waals surface area contributed by atoms with Crippen molar-refractivity contribution >= 4 is 17.5 Å². The average molecular weight is 254 g/mol. The molecule has 3 nitrogen and oxygen atoms in total. The number of phenolic OH excluding ortho intramolecular Hbond substituents is 1. The molecule has 4 heteroatoms. The fourth-order valence-corrected chi connectivity index (χ4v) is 2.21. The van der Waals surface area contributed by atoms with Crippen LogP contribution in [0.2, 0.25) is 5.02 Å². The van der Waals surface area contributed by atoms with Gasteiger partial charge in [-0.3, -0.25) is 4.79 Å². The zero-order valence-corrected chi connectivity index (χ0v) is 10.6. The number of nitrogens with zero attached hydrogens (tertiary/aromatic N) is 1. The Hall–Kier alpha value is -1.22. The molecule has 0 unspecified atom stereocenters. The number of benzene rings is 1. The standard InChI is InChI=1S/C13H16ClNO2/c1-9-4-6-15(7-5-9)13(17)10-2-3-12(16)11(14)8-10/h2-3,8-9,16H,4-7H2,1H3. The third kappa shape index (κ3) is 2.72. The molecule has 1 amide bonds. The maximum atomic E-state index is 12.2. The van der Waals surface area contributed by atoms with Crippen LogP contribution in [0, 0.1) is 5.92 Å². The summed E-state index contributed by atoms with van der Waals surface area (Å²) in [5.74, 6) is 0.705. The second-order valence-electron chi connectivity index (χ2n) is 4.64. The molecule has 0 radical (unpaired) electrons. The van der Waals surface area contributed by atoms with Crippen molar-refractivity contribution in [3.05, 3.63) is 28.8 Å². The number of rotatable bonds is 1. The molecule has 0 aromatic heterocycles. The number of carbonyl (C=O) groups excluding carboxylic acids is 1. The van der Waals surface area contributed by atoms with Gasteiger partial charge in [-0.1, -0.05) is 18.5 Å². The predicted octanol–water partition coefficient (Wildman–Crippen LogP) is 2.92. The van der Waals surface area contributed by atoms with Crippen LogP contribution in [0.4, 0.5) is 0 Å². The molecule has 0 spiro atoms. The lowest BCUT2D eigenvalue weighted by Crippen LogP contribution is -2.37. The Morgan fingerprint density at radius 1 is 1.41 bits per heavy atom. The summed E-state index contributed by atoms with van der Waals surface area (Å²) in [6.45, 7) is 3.82. The Bertz CT molecular complexity index is 425. The molecule has 1 N–H and O–H groups in total. The fourth-order valence-electron chi connectivity index (χ4n) is 2.03. The molecule has 0 saturated carbocycles. The number of likely N-dealkylation sites (tertiary alicyclic amines) is 1. The first-order valence-electron chi connectivity index (χ1n) is 5.85. The topological polar surface area (TPSA) is 40.5 Å². The molecular formula is C13H16ClNO2. The van der Waals surface area contributed by atoms with E-state index in [9.17, 15) is 9.90 Å². The van der Waals surface area contributed by atoms with Crippen molar-refractivity contribution in [2.24, 2.45) is 5.92 Å². The summed E-state index contributed by atoms with van der Waals surface area (Å²) in [5.41, 5.74) is 0.544. The van der Waals surface area contributed by atoms with Gasteiger partial charge in [0.25, 0.3) is 5.91 Å². The van der Waals surface area contributed by atoms with Crippen molar-refractivity contribution in [1.82, 2.24) is 4.90 Å². The van der Waals surface area contributed by atoms with Gasteiger partial charge in [0.2, 0.25) is 0 Å². The molecule has 1 aromatic carbocycles. The second-order valence-corrected chi connectivity index (χ2v) is 5.05. The second kappa shape index (κ2) is 4.96. The summed E-state index contributed by atoms with van der Waals surface area (Å²) in [6.07, 6.45) is 2.11. The molecule has 1 saturated heterocycles. The third-order valence-corrected chi connectivity index (χ3v) is 3.57. The Kier molecular flexibility index (Phi) is 3.57. The summed E-state index contributed by atoms with van der Waals surface area (Å²) in [5, 5.41) is 9.54. The molecule has 1 heterocycles. The summed E-state index contributed by atoms with van der Waals surface area (Å²) < 4.78 is 0. The minimum Gasteiger partial charge on any atom is -0.506 e. The van der Waals surface area contributed by atoms with Crippen molar-refractivity contribution in [3.8, 4) is 5.75 Å². The van der Waals surface area contributed by atoms with E-state index in [4.69, 9.17) is 11.6 Å². The highest BCUT2D eigenvalue weighted by molar-refractivity contribution is 6.32. The molecular weight excluding hydrogens is 238 g/mol. The number of halogens is 1. The highest BCUT2D eigenvalue weighted by atomic mass is 35.5. The third-order valence-electron chi connectivity index (χ3n) is 3.27. The minimum absolute atomic E-state index is 0.00111. The summed E-state index contributed by atoms with van der Waals surface area (Å²) in [7, 11) is 0. The van der Waals surface area contributed by atoms with E-state index in [-0.39, 0.29) is 16.7 Å². The molecule has 1 fully saturated rings. The number of carbonyl (C=O) groups is 1. The highest BCUT2D eigenvalue weighted by Gasteiger charge is 2.21. The van der Waals surface area contributed by atoms with Crippen molar-refractivity contribution in [1.29, 1.82) is 0 Å². The van der Waals surface area contributed by atoms with E-state index in [0.29, 0.717) is 11.5 Å². The van der Waals surface area contributed by atoms with Gasteiger partial charge in [-0.2, -0.15) is 0 Å². The number of phenols is 1. The quantitative estimate of drug-likeness (QED) is 0.836. The van der Waals surface area contributed by atoms with Crippen LogP contribution in [0.1, 0.15) is 30.1 Å². The van der Waals surface area contributed by atoms with E-state index >= 15 is 0 Å². The summed E-state index contributed by atoms with van der Waals surface area (Å²) in [6, 6.07) is 4.60. The Morgan fingerprint density at radius 3 is 2.65 bits per heavy atom. The van der Waals surface area contributed by atoms with Gasteiger partial charge >= 0.3 is 0 Å². The number of piperidine rings is 1. The zero-order valence-electron chi connectivity index (χ0n) is 9.82. The van der Waals surface area contributed by atoms with Crippen molar-refractivity contribution < 1.29 is 9.90 Å². The number of aromatic hydroxyl groups is 1. The molecule has 17 heavy (non-hydrogen) atoms. The number of hydrogen-bond donors (Lipinski definition) is 1. The van der Waals surface area contributed by atoms with E-state index < -0.39 is 0 Å². The maximum Gasteiger partial charge on any atom is 0.253 e. The van der Waals surface area contributed by atoms with Gasteiger partial charge in [-0.25, -0.2) is 0 Å². The van der Waals surface area contributed by atoms with Gasteiger partial charge in [0.15, 0.2) is 0 Å². The predicted molar refractivity (Wildman–Crippen MR) is 67.4 cm³/mol. The van der Waals surface area contributed by atoms with E-state index in [1.807, 2.05) is 4.90 Å². The number of amides is 1. The van der Waals surface area contributed by atoms with Crippen LogP contribution in [0.3, 0.4) is 0 Å². The summed E-state index contributed by atoms with van der Waals surface area (Å²) in [4.78, 5) is 14.0. The van der Waals surface area contributed by atoms with Crippen LogP contribution in [0.15, 0.2) is 18.2 Å². The smallest absolute Gasteiger partial charge is 0.253 e. The van der Waals surface area contributed by atoms with Crippen molar-refractivity contribution in [2.75, 3.05) is 13.1 Å². The molecule has 0 aliphatic carbocycles. The molecule has 2 rings (SSSR count). The van der Waals surface area contributed by atoms with Gasteiger partial charge in [-0.05, 0) is 37.0 Å². The maximum absolute atomic E-state index is 12.2. The van der Waals surface area contributed by atoms with Crippen LogP contribution >= 0.6 is 11.6 Å². The minimum atomic E-state index is -0.00111. The first kappa shape index (κ1) is 12.2. The van der Waals surface area contributed by atoms with E-state index in [1.54, 1.807) is 6.07 Å². The van der Waals surface area contributed by atoms with Gasteiger partial charge in [0.05, 0.1) is 5.02 Å². The van der Waals surface area contributed by atoms with Crippen LogP contribution in [0.25, 0.3) is 0 Å². The highest BCUT2D eigenvalue weighted by Crippen LogP contribution is 2.25. The SMILES string of the molecule is CC1CCN(C(=O)c2ccc(O)c(Cl)c2)CC1. The normalized spacial score (nSPS) is 17.2. The zero-order chi connectivity index (χ0) is 12.4. The van der Waals surface area contributed by atoms with Crippen LogP contribution in [0.5, 0.6) is 5.75 Å². The van der Waals surface area contributed by atoms with Crippen LogP contribution in [-0.2, 0) is 0 Å². The first-order chi connectivity index (χ1) is 8.08. The Balaban J connectivity index is 2.11. The monoisotopic (exact) mass is 253 g/mol. The van der Waals surface area contributed by atoms with Crippen LogP contribution in [-0.4, -0.2) is 29.0 Å².